The standard InChI is InChI=1S/C56H105NO13/c1-3-5-7-9-11-13-15-17-19-21-22-23-24-25-27-29-31-33-35-37-39-45(60)44(57-48(61)40-38-36-34-32-30-28-26-20-18-16-14-12-10-8-6-4-2)43-67-55-53(66)51(64)54(47(42-59)69-55)70-56-52(65)50(63)49(62)46(41-58)68-56/h14,16,20,26,44-47,49-56,58-60,62-66H,3-13,15,17-19,21-25,27-43H2,1-2H3,(H,57,61)/b16-14-,26-20-. The van der Waals surface area contributed by atoms with Crippen LogP contribution in [0.3, 0.4) is 0 Å². The van der Waals surface area contributed by atoms with E-state index in [1.807, 2.05) is 0 Å². The number of hydrogen-bond donors (Lipinski definition) is 9. The summed E-state index contributed by atoms with van der Waals surface area (Å²) in [5, 5.41) is 87.1. The number of ether oxygens (including phenoxy) is 4. The number of unbranched alkanes of at least 4 members (excludes halogenated alkanes) is 28. The number of hydrogen-bond acceptors (Lipinski definition) is 13. The number of nitrogens with one attached hydrogen (secondary N) is 1. The molecule has 2 saturated heterocycles. The minimum Gasteiger partial charge on any atom is -0.394 e. The minimum atomic E-state index is -1.78. The number of carbonyl (C=O) groups excluding carboxylic acids is 1. The molecule has 0 spiro atoms. The van der Waals surface area contributed by atoms with Crippen LogP contribution in [0.5, 0.6) is 0 Å². The normalized spacial score (nSPS) is 26.1. The molecule has 412 valence electrons. The zero-order chi connectivity index (χ0) is 51.0. The molecule has 14 heteroatoms. The van der Waals surface area contributed by atoms with Gasteiger partial charge in [-0.05, 0) is 44.9 Å². The maximum atomic E-state index is 13.2. The Hall–Kier alpha value is -1.53. The zero-order valence-corrected chi connectivity index (χ0v) is 44.0. The Balaban J connectivity index is 1.78. The molecular weight excluding hydrogens is 895 g/mol. The van der Waals surface area contributed by atoms with Crippen LogP contribution in [-0.4, -0.2) is 140 Å². The molecule has 2 heterocycles. The maximum absolute atomic E-state index is 13.2. The van der Waals surface area contributed by atoms with Gasteiger partial charge >= 0.3 is 0 Å². The van der Waals surface area contributed by atoms with E-state index in [2.05, 4.69) is 43.5 Å². The molecule has 0 radical (unpaired) electrons. The minimum absolute atomic E-state index is 0.219. The molecule has 2 rings (SSSR count). The van der Waals surface area contributed by atoms with Crippen molar-refractivity contribution in [2.75, 3.05) is 19.8 Å². The zero-order valence-electron chi connectivity index (χ0n) is 44.0. The Bertz CT molecular complexity index is 1270. The first kappa shape index (κ1) is 64.6. The first-order valence-electron chi connectivity index (χ1n) is 28.6. The van der Waals surface area contributed by atoms with Gasteiger partial charge in [0.25, 0.3) is 0 Å². The molecule has 0 aromatic carbocycles. The van der Waals surface area contributed by atoms with Crippen LogP contribution in [0.15, 0.2) is 24.3 Å². The summed E-state index contributed by atoms with van der Waals surface area (Å²) < 4.78 is 22.8. The summed E-state index contributed by atoms with van der Waals surface area (Å²) in [5.74, 6) is -0.219. The third kappa shape index (κ3) is 28.8. The van der Waals surface area contributed by atoms with Crippen molar-refractivity contribution in [3.05, 3.63) is 24.3 Å². The van der Waals surface area contributed by atoms with Crippen LogP contribution in [0.2, 0.25) is 0 Å². The van der Waals surface area contributed by atoms with E-state index >= 15 is 0 Å². The molecule has 12 unspecified atom stereocenters. The van der Waals surface area contributed by atoms with E-state index in [9.17, 15) is 45.6 Å². The smallest absolute Gasteiger partial charge is 0.220 e. The Morgan fingerprint density at radius 1 is 0.514 bits per heavy atom. The van der Waals surface area contributed by atoms with E-state index in [1.54, 1.807) is 0 Å². The largest absolute Gasteiger partial charge is 0.394 e. The molecule has 0 aliphatic carbocycles. The Morgan fingerprint density at radius 2 is 0.943 bits per heavy atom. The van der Waals surface area contributed by atoms with Crippen LogP contribution < -0.4 is 5.32 Å². The first-order valence-corrected chi connectivity index (χ1v) is 28.6. The van der Waals surface area contributed by atoms with Gasteiger partial charge in [0.2, 0.25) is 5.91 Å². The average Bonchev–Trinajstić information content (AvgIpc) is 3.36. The Labute approximate surface area is 424 Å². The van der Waals surface area contributed by atoms with Crippen molar-refractivity contribution in [1.29, 1.82) is 0 Å². The molecule has 2 aliphatic heterocycles. The number of amides is 1. The van der Waals surface area contributed by atoms with Gasteiger partial charge in [-0.2, -0.15) is 0 Å². The van der Waals surface area contributed by atoms with Gasteiger partial charge in [-0.3, -0.25) is 4.79 Å². The molecule has 2 fully saturated rings. The quantitative estimate of drug-likeness (QED) is 0.0205. The topological polar surface area (TPSA) is 228 Å². The molecule has 1 amide bonds. The van der Waals surface area contributed by atoms with E-state index in [-0.39, 0.29) is 18.9 Å². The lowest BCUT2D eigenvalue weighted by Crippen LogP contribution is -2.65. The van der Waals surface area contributed by atoms with Crippen molar-refractivity contribution in [2.45, 2.75) is 306 Å². The molecule has 0 saturated carbocycles. The molecule has 9 N–H and O–H groups in total. The van der Waals surface area contributed by atoms with E-state index in [0.717, 1.165) is 70.6 Å². The summed E-state index contributed by atoms with van der Waals surface area (Å²) >= 11 is 0. The highest BCUT2D eigenvalue weighted by molar-refractivity contribution is 5.76. The summed E-state index contributed by atoms with van der Waals surface area (Å²) in [5.41, 5.74) is 0. The number of allylic oxidation sites excluding steroid dienone is 4. The van der Waals surface area contributed by atoms with E-state index in [4.69, 9.17) is 18.9 Å². The Morgan fingerprint density at radius 3 is 1.44 bits per heavy atom. The predicted molar refractivity (Wildman–Crippen MR) is 277 cm³/mol. The van der Waals surface area contributed by atoms with Crippen LogP contribution >= 0.6 is 0 Å². The molecular formula is C56H105NO13. The molecule has 0 aromatic heterocycles. The number of rotatable bonds is 45. The maximum Gasteiger partial charge on any atom is 0.220 e. The van der Waals surface area contributed by atoms with Crippen molar-refractivity contribution < 1.29 is 64.6 Å². The van der Waals surface area contributed by atoms with Gasteiger partial charge < -0.3 is 65.1 Å². The highest BCUT2D eigenvalue weighted by atomic mass is 16.7. The molecule has 12 atom stereocenters. The van der Waals surface area contributed by atoms with Gasteiger partial charge in [-0.25, -0.2) is 0 Å². The van der Waals surface area contributed by atoms with Gasteiger partial charge in [-0.1, -0.05) is 205 Å². The highest BCUT2D eigenvalue weighted by Gasteiger charge is 2.51. The third-order valence-corrected chi connectivity index (χ3v) is 14.2. The molecule has 70 heavy (non-hydrogen) atoms. The van der Waals surface area contributed by atoms with Crippen LogP contribution in [0.1, 0.15) is 232 Å². The van der Waals surface area contributed by atoms with Gasteiger partial charge in [0, 0.05) is 6.42 Å². The van der Waals surface area contributed by atoms with E-state index in [1.165, 1.54) is 128 Å². The molecule has 2 aliphatic rings. The van der Waals surface area contributed by atoms with Crippen LogP contribution in [0, 0.1) is 0 Å². The Kier molecular flexibility index (Phi) is 39.5. The van der Waals surface area contributed by atoms with E-state index < -0.39 is 86.8 Å². The summed E-state index contributed by atoms with van der Waals surface area (Å²) in [6.07, 6.45) is 31.7. The summed E-state index contributed by atoms with van der Waals surface area (Å²) in [7, 11) is 0. The third-order valence-electron chi connectivity index (χ3n) is 14.2. The van der Waals surface area contributed by atoms with Gasteiger partial charge in [-0.15, -0.1) is 0 Å². The highest BCUT2D eigenvalue weighted by Crippen LogP contribution is 2.30. The predicted octanol–water partition coefficient (Wildman–Crippen LogP) is 8.89. The van der Waals surface area contributed by atoms with E-state index in [0.29, 0.717) is 12.8 Å². The lowest BCUT2D eigenvalue weighted by molar-refractivity contribution is -0.359. The summed E-state index contributed by atoms with van der Waals surface area (Å²) in [6, 6.07) is -0.834. The SMILES string of the molecule is CCCCCC/C=C\C/C=C\CCCCCCCC(=O)NC(COC1OC(CO)C(OC2OC(CO)C(O)C(O)C2O)C(O)C1O)C(O)CCCCCCCCCCCCCCCCCCCCCC. The number of aliphatic hydroxyl groups excluding tert-OH is 8. The van der Waals surface area contributed by atoms with Crippen LogP contribution in [-0.2, 0) is 23.7 Å². The van der Waals surface area contributed by atoms with Crippen molar-refractivity contribution in [3.63, 3.8) is 0 Å². The van der Waals surface area contributed by atoms with Gasteiger partial charge in [0.05, 0.1) is 32.0 Å². The van der Waals surface area contributed by atoms with Crippen molar-refractivity contribution in [3.8, 4) is 0 Å². The lowest BCUT2D eigenvalue weighted by atomic mass is 9.97. The van der Waals surface area contributed by atoms with Crippen molar-refractivity contribution >= 4 is 5.91 Å². The fraction of sp³-hybridized carbons (Fsp3) is 0.911. The lowest BCUT2D eigenvalue weighted by Gasteiger charge is -2.46. The van der Waals surface area contributed by atoms with Crippen molar-refractivity contribution in [2.24, 2.45) is 0 Å². The molecule has 14 nitrogen and oxygen atoms in total. The van der Waals surface area contributed by atoms with Gasteiger partial charge in [0.1, 0.15) is 48.8 Å². The fourth-order valence-electron chi connectivity index (χ4n) is 9.50. The summed E-state index contributed by atoms with van der Waals surface area (Å²) in [6.45, 7) is 2.85. The number of carbonyl (C=O) groups is 1. The fourth-order valence-corrected chi connectivity index (χ4v) is 9.50. The van der Waals surface area contributed by atoms with Crippen LogP contribution in [0.4, 0.5) is 0 Å². The second-order valence-corrected chi connectivity index (χ2v) is 20.4. The monoisotopic (exact) mass is 1000 g/mol. The van der Waals surface area contributed by atoms with Gasteiger partial charge in [0.15, 0.2) is 12.6 Å². The second kappa shape index (κ2) is 42.8. The average molecular weight is 1000 g/mol. The van der Waals surface area contributed by atoms with Crippen molar-refractivity contribution in [1.82, 2.24) is 5.32 Å². The second-order valence-electron chi connectivity index (χ2n) is 20.4. The summed E-state index contributed by atoms with van der Waals surface area (Å²) in [4.78, 5) is 13.2. The number of aliphatic hydroxyl groups is 8. The molecule has 0 aromatic rings. The van der Waals surface area contributed by atoms with Crippen LogP contribution in [0.25, 0.3) is 0 Å². The molecule has 0 bridgehead atoms. The first-order chi connectivity index (χ1) is 34.1.